The molecule has 1 aliphatic rings. The molecule has 1 heterocycles. The third-order valence-corrected chi connectivity index (χ3v) is 4.48. The number of nitrogens with one attached hydrogen (secondary N) is 2. The van der Waals surface area contributed by atoms with E-state index in [1.165, 1.54) is 30.3 Å². The Morgan fingerprint density at radius 2 is 1.55 bits per heavy atom. The first-order chi connectivity index (χ1) is 15.8. The molecule has 0 amide bonds. The summed E-state index contributed by atoms with van der Waals surface area (Å²) in [7, 11) is 0. The van der Waals surface area contributed by atoms with Crippen LogP contribution < -0.4 is 20.2 Å². The van der Waals surface area contributed by atoms with Crippen molar-refractivity contribution in [2.75, 3.05) is 6.54 Å². The van der Waals surface area contributed by atoms with Crippen molar-refractivity contribution in [2.45, 2.75) is 26.2 Å². The number of alkyl halides is 4. The molecule has 2 aromatic carbocycles. The van der Waals surface area contributed by atoms with Crippen LogP contribution in [0.2, 0.25) is 0 Å². The van der Waals surface area contributed by atoms with Gasteiger partial charge in [0.2, 0.25) is 5.96 Å². The van der Waals surface area contributed by atoms with Crippen molar-refractivity contribution in [2.24, 2.45) is 10.1 Å². The first-order valence-electron chi connectivity index (χ1n) is 9.93. The summed E-state index contributed by atoms with van der Waals surface area (Å²) in [6.07, 6.45) is 3.24. The fourth-order valence-electron chi connectivity index (χ4n) is 2.99. The first-order valence-corrected chi connectivity index (χ1v) is 9.93. The van der Waals surface area contributed by atoms with Crippen LogP contribution in [0.4, 0.5) is 17.6 Å². The Labute approximate surface area is 188 Å². The normalized spacial score (nSPS) is 15.7. The summed E-state index contributed by atoms with van der Waals surface area (Å²) in [4.78, 5) is 4.27. The van der Waals surface area contributed by atoms with Crippen LogP contribution in [-0.4, -0.2) is 37.5 Å². The van der Waals surface area contributed by atoms with E-state index in [0.29, 0.717) is 34.9 Å². The highest BCUT2D eigenvalue weighted by molar-refractivity contribution is 6.10. The molecule has 0 saturated heterocycles. The van der Waals surface area contributed by atoms with Gasteiger partial charge in [0.05, 0.1) is 12.3 Å². The second-order valence-corrected chi connectivity index (χ2v) is 6.95. The third kappa shape index (κ3) is 7.09. The van der Waals surface area contributed by atoms with E-state index < -0.39 is 13.2 Å². The number of nitrogens with zero attached hydrogens (tertiary/aromatic N) is 2. The maximum absolute atomic E-state index is 12.5. The Kier molecular flexibility index (Phi) is 8.06. The van der Waals surface area contributed by atoms with Gasteiger partial charge >= 0.3 is 13.2 Å². The highest BCUT2D eigenvalue weighted by Crippen LogP contribution is 2.28. The van der Waals surface area contributed by atoms with Gasteiger partial charge in [0, 0.05) is 6.04 Å². The summed E-state index contributed by atoms with van der Waals surface area (Å²) < 4.78 is 58.7. The van der Waals surface area contributed by atoms with Crippen LogP contribution in [0.15, 0.2) is 77.4 Å². The van der Waals surface area contributed by atoms with E-state index in [1.54, 1.807) is 30.3 Å². The molecule has 0 spiro atoms. The summed E-state index contributed by atoms with van der Waals surface area (Å²) in [5.74, 6) is 0.541. The molecule has 33 heavy (non-hydrogen) atoms. The molecule has 2 N–H and O–H groups in total. The maximum atomic E-state index is 12.5. The number of guanidine groups is 1. The fraction of sp³-hybridized carbons (Fsp3) is 0.217. The lowest BCUT2D eigenvalue weighted by atomic mass is 9.96. The Morgan fingerprint density at radius 1 is 1.03 bits per heavy atom. The number of hydrazone groups is 1. The lowest BCUT2D eigenvalue weighted by Crippen LogP contribution is -2.35. The number of ether oxygens (including phenoxy) is 2. The topological polar surface area (TPSA) is 67.2 Å². The van der Waals surface area contributed by atoms with E-state index in [-0.39, 0.29) is 17.5 Å². The van der Waals surface area contributed by atoms with Gasteiger partial charge in [0.25, 0.3) is 0 Å². The highest BCUT2D eigenvalue weighted by Gasteiger charge is 2.13. The van der Waals surface area contributed by atoms with Crippen LogP contribution in [0, 0.1) is 0 Å². The monoisotopic (exact) mass is 462 g/mol. The number of benzene rings is 2. The lowest BCUT2D eigenvalue weighted by Gasteiger charge is -2.12. The smallest absolute Gasteiger partial charge is 0.387 e. The minimum Gasteiger partial charge on any atom is -0.435 e. The molecule has 0 aromatic heterocycles. The Morgan fingerprint density at radius 3 is 1.94 bits per heavy atom. The van der Waals surface area contributed by atoms with Crippen molar-refractivity contribution in [3.8, 4) is 11.5 Å². The summed E-state index contributed by atoms with van der Waals surface area (Å²) in [6.45, 7) is 0.511. The number of allylic oxidation sites excluding steroid dienone is 2. The molecular weight excluding hydrogens is 440 g/mol. The van der Waals surface area contributed by atoms with Crippen molar-refractivity contribution in [3.63, 3.8) is 0 Å². The molecule has 0 fully saturated rings. The quantitative estimate of drug-likeness (QED) is 0.319. The van der Waals surface area contributed by atoms with E-state index in [2.05, 4.69) is 36.9 Å². The zero-order chi connectivity index (χ0) is 23.8. The summed E-state index contributed by atoms with van der Waals surface area (Å²) >= 11 is 0. The summed E-state index contributed by atoms with van der Waals surface area (Å²) in [5.41, 5.74) is 5.23. The number of hydrogen-bond acceptors (Lipinski definition) is 6. The highest BCUT2D eigenvalue weighted by atomic mass is 19.3. The van der Waals surface area contributed by atoms with Crippen molar-refractivity contribution in [3.05, 3.63) is 78.4 Å². The van der Waals surface area contributed by atoms with Crippen molar-refractivity contribution < 1.29 is 27.0 Å². The van der Waals surface area contributed by atoms with Crippen LogP contribution in [0.1, 0.15) is 18.1 Å². The van der Waals surface area contributed by atoms with E-state index >= 15 is 0 Å². The van der Waals surface area contributed by atoms with Crippen LogP contribution in [0.3, 0.4) is 0 Å². The van der Waals surface area contributed by atoms with E-state index in [0.717, 1.165) is 0 Å². The first kappa shape index (κ1) is 23.8. The van der Waals surface area contributed by atoms with Gasteiger partial charge in [0.15, 0.2) is 0 Å². The molecule has 2 aromatic rings. The van der Waals surface area contributed by atoms with Crippen LogP contribution >= 0.6 is 0 Å². The molecule has 6 nitrogen and oxygen atoms in total. The molecule has 10 heteroatoms. The Bertz CT molecular complexity index is 980. The minimum absolute atomic E-state index is 0.00694. The number of hydrogen-bond donors (Lipinski definition) is 2. The van der Waals surface area contributed by atoms with Crippen LogP contribution in [0.25, 0.3) is 5.57 Å². The van der Waals surface area contributed by atoms with Crippen molar-refractivity contribution in [1.29, 1.82) is 0 Å². The van der Waals surface area contributed by atoms with Gasteiger partial charge in [-0.2, -0.15) is 22.7 Å². The second kappa shape index (κ2) is 11.2. The molecule has 3 rings (SSSR count). The fourth-order valence-corrected chi connectivity index (χ4v) is 2.99. The Balaban J connectivity index is 1.94. The zero-order valence-corrected chi connectivity index (χ0v) is 17.6. The Hall–Kier alpha value is -3.82. The molecule has 1 unspecified atom stereocenters. The molecule has 0 aliphatic carbocycles. The van der Waals surface area contributed by atoms with Gasteiger partial charge in [-0.05, 0) is 60.0 Å². The number of rotatable bonds is 9. The number of halogens is 4. The SMILES string of the molecule is C=C/C(C=C(c1ccc(OC(F)F)cc1)c1ccc(OC(F)F)cc1)=N/NC1=NCC(C)N1. The maximum Gasteiger partial charge on any atom is 0.387 e. The molecule has 0 bridgehead atoms. The van der Waals surface area contributed by atoms with Gasteiger partial charge < -0.3 is 14.8 Å². The van der Waals surface area contributed by atoms with Gasteiger partial charge in [-0.15, -0.1) is 0 Å². The molecule has 1 aliphatic heterocycles. The minimum atomic E-state index is -2.94. The van der Waals surface area contributed by atoms with Gasteiger partial charge in [-0.3, -0.25) is 0 Å². The van der Waals surface area contributed by atoms with Gasteiger partial charge in [-0.1, -0.05) is 30.8 Å². The zero-order valence-electron chi connectivity index (χ0n) is 17.6. The third-order valence-electron chi connectivity index (χ3n) is 4.48. The molecular formula is C23H22F4N4O2. The van der Waals surface area contributed by atoms with Crippen LogP contribution in [0.5, 0.6) is 11.5 Å². The molecule has 1 atom stereocenters. The van der Waals surface area contributed by atoms with Gasteiger partial charge in [-0.25, -0.2) is 10.4 Å². The molecule has 0 saturated carbocycles. The average Bonchev–Trinajstić information content (AvgIpc) is 3.20. The number of aliphatic imine (C=N–C) groups is 1. The largest absolute Gasteiger partial charge is 0.435 e. The average molecular weight is 462 g/mol. The van der Waals surface area contributed by atoms with E-state index in [4.69, 9.17) is 0 Å². The summed E-state index contributed by atoms with van der Waals surface area (Å²) in [5, 5.41) is 7.41. The second-order valence-electron chi connectivity index (χ2n) is 6.95. The van der Waals surface area contributed by atoms with Crippen molar-refractivity contribution >= 4 is 17.2 Å². The predicted molar refractivity (Wildman–Crippen MR) is 119 cm³/mol. The summed E-state index contributed by atoms with van der Waals surface area (Å²) in [6, 6.07) is 12.2. The van der Waals surface area contributed by atoms with E-state index in [9.17, 15) is 17.6 Å². The van der Waals surface area contributed by atoms with Crippen LogP contribution in [-0.2, 0) is 0 Å². The van der Waals surface area contributed by atoms with E-state index in [1.807, 2.05) is 6.92 Å². The molecule has 174 valence electrons. The molecule has 0 radical (unpaired) electrons. The standard InChI is InChI=1S/C23H22F4N4O2/c1-3-17(30-31-23-28-13-14(2)29-23)12-20(15-4-8-18(9-5-15)32-21(24)25)16-6-10-19(11-7-16)33-22(26)27/h3-12,14,21-22H,1,13H2,2H3,(H2,28,29,31)/b30-17-. The van der Waals surface area contributed by atoms with Crippen molar-refractivity contribution in [1.82, 2.24) is 10.7 Å². The predicted octanol–water partition coefficient (Wildman–Crippen LogP) is 4.80. The van der Waals surface area contributed by atoms with Gasteiger partial charge in [0.1, 0.15) is 11.5 Å². The lowest BCUT2D eigenvalue weighted by molar-refractivity contribution is -0.0505.